The zero-order valence-electron chi connectivity index (χ0n) is 11.6. The SMILES string of the molecule is C[C@@H]1CN(C(=O)c2ccc(/C(N)=N/O)cc2)C[C@H](C)O1. The third-order valence-electron chi connectivity index (χ3n) is 3.24. The van der Waals surface area contributed by atoms with Crippen molar-refractivity contribution < 1.29 is 14.7 Å². The molecule has 1 amide bonds. The molecule has 20 heavy (non-hydrogen) atoms. The van der Waals surface area contributed by atoms with Crippen molar-refractivity contribution in [1.82, 2.24) is 4.90 Å². The summed E-state index contributed by atoms with van der Waals surface area (Å²) < 4.78 is 5.61. The zero-order valence-corrected chi connectivity index (χ0v) is 11.6. The molecule has 108 valence electrons. The van der Waals surface area contributed by atoms with Crippen molar-refractivity contribution in [2.45, 2.75) is 26.1 Å². The number of morpholine rings is 1. The number of hydrogen-bond acceptors (Lipinski definition) is 4. The number of nitrogens with zero attached hydrogens (tertiary/aromatic N) is 2. The molecule has 1 aromatic rings. The Bertz CT molecular complexity index is 503. The fourth-order valence-electron chi connectivity index (χ4n) is 2.37. The van der Waals surface area contributed by atoms with Gasteiger partial charge in [-0.05, 0) is 26.0 Å². The maximum Gasteiger partial charge on any atom is 0.254 e. The van der Waals surface area contributed by atoms with E-state index in [-0.39, 0.29) is 24.0 Å². The smallest absolute Gasteiger partial charge is 0.254 e. The average Bonchev–Trinajstić information content (AvgIpc) is 2.45. The largest absolute Gasteiger partial charge is 0.409 e. The van der Waals surface area contributed by atoms with E-state index in [1.54, 1.807) is 29.2 Å². The van der Waals surface area contributed by atoms with Gasteiger partial charge < -0.3 is 20.6 Å². The lowest BCUT2D eigenvalue weighted by Crippen LogP contribution is -2.48. The van der Waals surface area contributed by atoms with E-state index in [4.69, 9.17) is 15.7 Å². The van der Waals surface area contributed by atoms with E-state index in [9.17, 15) is 4.79 Å². The van der Waals surface area contributed by atoms with Gasteiger partial charge in [0, 0.05) is 24.2 Å². The molecule has 0 spiro atoms. The van der Waals surface area contributed by atoms with E-state index >= 15 is 0 Å². The van der Waals surface area contributed by atoms with Gasteiger partial charge in [0.15, 0.2) is 5.84 Å². The van der Waals surface area contributed by atoms with Crippen LogP contribution in [0.2, 0.25) is 0 Å². The highest BCUT2D eigenvalue weighted by Crippen LogP contribution is 2.15. The van der Waals surface area contributed by atoms with Crippen LogP contribution >= 0.6 is 0 Å². The van der Waals surface area contributed by atoms with E-state index in [1.165, 1.54) is 0 Å². The summed E-state index contributed by atoms with van der Waals surface area (Å²) in [7, 11) is 0. The average molecular weight is 277 g/mol. The van der Waals surface area contributed by atoms with Crippen LogP contribution in [0.25, 0.3) is 0 Å². The van der Waals surface area contributed by atoms with Gasteiger partial charge in [0.05, 0.1) is 12.2 Å². The number of benzene rings is 1. The second kappa shape index (κ2) is 5.92. The number of hydrogen-bond donors (Lipinski definition) is 2. The monoisotopic (exact) mass is 277 g/mol. The number of oxime groups is 1. The van der Waals surface area contributed by atoms with Crippen LogP contribution in [0.3, 0.4) is 0 Å². The molecule has 1 aliphatic heterocycles. The molecule has 6 heteroatoms. The second-order valence-electron chi connectivity index (χ2n) is 5.03. The van der Waals surface area contributed by atoms with Gasteiger partial charge in [0.25, 0.3) is 5.91 Å². The molecule has 6 nitrogen and oxygen atoms in total. The number of amidine groups is 1. The first-order valence-corrected chi connectivity index (χ1v) is 6.54. The van der Waals surface area contributed by atoms with Crippen LogP contribution in [0.5, 0.6) is 0 Å². The Balaban J connectivity index is 2.13. The zero-order chi connectivity index (χ0) is 14.7. The number of rotatable bonds is 2. The summed E-state index contributed by atoms with van der Waals surface area (Å²) in [5.41, 5.74) is 6.65. The summed E-state index contributed by atoms with van der Waals surface area (Å²) in [6.45, 7) is 5.09. The van der Waals surface area contributed by atoms with Crippen molar-refractivity contribution in [3.05, 3.63) is 35.4 Å². The fourth-order valence-corrected chi connectivity index (χ4v) is 2.37. The molecule has 2 atom stereocenters. The molecule has 0 radical (unpaired) electrons. The minimum Gasteiger partial charge on any atom is -0.409 e. The van der Waals surface area contributed by atoms with E-state index in [0.29, 0.717) is 24.2 Å². The van der Waals surface area contributed by atoms with Gasteiger partial charge in [-0.1, -0.05) is 17.3 Å². The van der Waals surface area contributed by atoms with Crippen LogP contribution in [0, 0.1) is 0 Å². The van der Waals surface area contributed by atoms with Crippen molar-refractivity contribution in [2.24, 2.45) is 10.9 Å². The van der Waals surface area contributed by atoms with Crippen molar-refractivity contribution in [3.8, 4) is 0 Å². The maximum atomic E-state index is 12.4. The predicted molar refractivity (Wildman–Crippen MR) is 74.9 cm³/mol. The van der Waals surface area contributed by atoms with Gasteiger partial charge in [-0.15, -0.1) is 0 Å². The molecule has 0 aliphatic carbocycles. The summed E-state index contributed by atoms with van der Waals surface area (Å²) in [6, 6.07) is 6.69. The van der Waals surface area contributed by atoms with E-state index in [1.807, 2.05) is 13.8 Å². The lowest BCUT2D eigenvalue weighted by atomic mass is 10.1. The molecule has 2 rings (SSSR count). The summed E-state index contributed by atoms with van der Waals surface area (Å²) >= 11 is 0. The summed E-state index contributed by atoms with van der Waals surface area (Å²) in [5, 5.41) is 11.5. The third-order valence-corrected chi connectivity index (χ3v) is 3.24. The Hall–Kier alpha value is -2.08. The number of carbonyl (C=O) groups is 1. The van der Waals surface area contributed by atoms with Crippen molar-refractivity contribution >= 4 is 11.7 Å². The van der Waals surface area contributed by atoms with Gasteiger partial charge in [0.2, 0.25) is 0 Å². The maximum absolute atomic E-state index is 12.4. The third kappa shape index (κ3) is 3.08. The Morgan fingerprint density at radius 3 is 2.25 bits per heavy atom. The highest BCUT2D eigenvalue weighted by atomic mass is 16.5. The lowest BCUT2D eigenvalue weighted by Gasteiger charge is -2.35. The van der Waals surface area contributed by atoms with Gasteiger partial charge in [-0.25, -0.2) is 0 Å². The minimum atomic E-state index is -0.0296. The summed E-state index contributed by atoms with van der Waals surface area (Å²) in [6.07, 6.45) is 0.0817. The van der Waals surface area contributed by atoms with Crippen molar-refractivity contribution in [3.63, 3.8) is 0 Å². The second-order valence-corrected chi connectivity index (χ2v) is 5.03. The first-order chi connectivity index (χ1) is 9.51. The Kier molecular flexibility index (Phi) is 4.24. The molecule has 0 unspecified atom stereocenters. The number of carbonyl (C=O) groups excluding carboxylic acids is 1. The number of amides is 1. The van der Waals surface area contributed by atoms with Crippen LogP contribution in [0.15, 0.2) is 29.4 Å². The lowest BCUT2D eigenvalue weighted by molar-refractivity contribution is -0.0586. The van der Waals surface area contributed by atoms with Gasteiger partial charge in [-0.2, -0.15) is 0 Å². The molecule has 0 bridgehead atoms. The van der Waals surface area contributed by atoms with Crippen LogP contribution in [-0.4, -0.2) is 47.1 Å². The van der Waals surface area contributed by atoms with Gasteiger partial charge in [0.1, 0.15) is 0 Å². The quantitative estimate of drug-likeness (QED) is 0.366. The molecule has 3 N–H and O–H groups in total. The first-order valence-electron chi connectivity index (χ1n) is 6.54. The predicted octanol–water partition coefficient (Wildman–Crippen LogP) is 1.03. The standard InChI is InChI=1S/C14H19N3O3/c1-9-7-17(8-10(2)20-9)14(18)12-5-3-11(4-6-12)13(15)16-19/h3-6,9-10,19H,7-8H2,1-2H3,(H2,15,16)/t9-,10+. The van der Waals surface area contributed by atoms with Crippen molar-refractivity contribution in [1.29, 1.82) is 0 Å². The summed E-state index contributed by atoms with van der Waals surface area (Å²) in [5.74, 6) is -0.00400. The number of nitrogens with two attached hydrogens (primary N) is 1. The highest BCUT2D eigenvalue weighted by Gasteiger charge is 2.26. The molecule has 0 saturated carbocycles. The van der Waals surface area contributed by atoms with E-state index in [0.717, 1.165) is 0 Å². The van der Waals surface area contributed by atoms with Crippen LogP contribution in [0.4, 0.5) is 0 Å². The molecule has 1 saturated heterocycles. The number of ether oxygens (including phenoxy) is 1. The first kappa shape index (κ1) is 14.3. The highest BCUT2D eigenvalue weighted by molar-refractivity contribution is 5.99. The topological polar surface area (TPSA) is 88.2 Å². The molecular weight excluding hydrogens is 258 g/mol. The van der Waals surface area contributed by atoms with E-state index < -0.39 is 0 Å². The van der Waals surface area contributed by atoms with Crippen LogP contribution in [-0.2, 0) is 4.74 Å². The Labute approximate surface area is 117 Å². The van der Waals surface area contributed by atoms with Crippen molar-refractivity contribution in [2.75, 3.05) is 13.1 Å². The molecular formula is C14H19N3O3. The van der Waals surface area contributed by atoms with Crippen LogP contribution < -0.4 is 5.73 Å². The van der Waals surface area contributed by atoms with Gasteiger partial charge in [-0.3, -0.25) is 4.79 Å². The minimum absolute atomic E-state index is 0.0256. The molecule has 0 aromatic heterocycles. The Morgan fingerprint density at radius 1 is 1.25 bits per heavy atom. The molecule has 1 fully saturated rings. The summed E-state index contributed by atoms with van der Waals surface area (Å²) in [4.78, 5) is 14.2. The fraction of sp³-hybridized carbons (Fsp3) is 0.429. The normalized spacial score (nSPS) is 23.7. The van der Waals surface area contributed by atoms with Gasteiger partial charge >= 0.3 is 0 Å². The molecule has 1 aromatic carbocycles. The molecule has 1 heterocycles. The Morgan fingerprint density at radius 2 is 1.75 bits per heavy atom. The van der Waals surface area contributed by atoms with E-state index in [2.05, 4.69) is 5.16 Å². The van der Waals surface area contributed by atoms with Crippen LogP contribution in [0.1, 0.15) is 29.8 Å². The molecule has 1 aliphatic rings.